The average molecular weight is 515 g/mol. The van der Waals surface area contributed by atoms with Crippen molar-refractivity contribution in [3.05, 3.63) is 59.2 Å². The van der Waals surface area contributed by atoms with E-state index in [0.717, 1.165) is 24.3 Å². The summed E-state index contributed by atoms with van der Waals surface area (Å²) in [7, 11) is 0. The second kappa shape index (κ2) is 10.5. The van der Waals surface area contributed by atoms with E-state index in [1.165, 1.54) is 0 Å². The molecule has 14 heteroatoms. The largest absolute Gasteiger partial charge is 0.419 e. The Kier molecular flexibility index (Phi) is 9.21. The number of nitrogens with one attached hydrogen (secondary N) is 2. The van der Waals surface area contributed by atoms with Crippen LogP contribution in [0, 0.1) is 11.6 Å². The highest BCUT2D eigenvalue weighted by Crippen LogP contribution is 2.36. The third-order valence-corrected chi connectivity index (χ3v) is 3.45. The van der Waals surface area contributed by atoms with Crippen LogP contribution in [0.15, 0.2) is 36.4 Å². The summed E-state index contributed by atoms with van der Waals surface area (Å²) in [4.78, 5) is 0. The van der Waals surface area contributed by atoms with Gasteiger partial charge in [-0.05, 0) is 54.8 Å². The number of para-hydroxylation sites is 1. The maximum absolute atomic E-state index is 13.1. The zero-order valence-corrected chi connectivity index (χ0v) is 17.2. The van der Waals surface area contributed by atoms with Gasteiger partial charge in [0.1, 0.15) is 11.6 Å². The summed E-state index contributed by atoms with van der Waals surface area (Å²) in [6.45, 7) is 0. The van der Waals surface area contributed by atoms with E-state index in [1.807, 2.05) is 5.32 Å². The number of anilines is 2. The molecule has 2 nitrogen and oxygen atoms in total. The molecule has 0 aliphatic heterocycles. The molecule has 0 radical (unpaired) electrons. The first kappa shape index (κ1) is 26.3. The second-order valence-electron chi connectivity index (χ2n) is 5.15. The van der Waals surface area contributed by atoms with E-state index in [0.29, 0.717) is 12.1 Å². The predicted molar refractivity (Wildman–Crippen MR) is 107 cm³/mol. The molecule has 0 aliphatic rings. The molecule has 0 amide bonds. The van der Waals surface area contributed by atoms with Gasteiger partial charge in [-0.2, -0.15) is 26.3 Å². The van der Waals surface area contributed by atoms with Gasteiger partial charge in [-0.25, -0.2) is 8.78 Å². The van der Waals surface area contributed by atoms with E-state index in [4.69, 9.17) is 23.2 Å². The Morgan fingerprint density at radius 3 is 1.70 bits per heavy atom. The summed E-state index contributed by atoms with van der Waals surface area (Å²) in [5.74, 6) is -2.44. The molecule has 2 aromatic carbocycles. The first-order chi connectivity index (χ1) is 13.6. The molecule has 0 atom stereocenters. The van der Waals surface area contributed by atoms with Crippen molar-refractivity contribution in [3.63, 3.8) is 0 Å². The fraction of sp³-hybridized carbons (Fsp3) is 0.125. The summed E-state index contributed by atoms with van der Waals surface area (Å²) in [5, 5.41) is 4.26. The van der Waals surface area contributed by atoms with Crippen LogP contribution in [0.5, 0.6) is 0 Å². The summed E-state index contributed by atoms with van der Waals surface area (Å²) in [6.07, 6.45) is -9.36. The molecule has 0 aromatic heterocycles. The van der Waals surface area contributed by atoms with Crippen molar-refractivity contribution in [2.45, 2.75) is 12.4 Å². The highest BCUT2D eigenvalue weighted by Gasteiger charge is 2.35. The van der Waals surface area contributed by atoms with Crippen LogP contribution in [-0.2, 0) is 12.4 Å². The van der Waals surface area contributed by atoms with Crippen molar-refractivity contribution in [3.8, 4) is 0 Å². The molecule has 30 heavy (non-hydrogen) atoms. The minimum atomic E-state index is -4.70. The van der Waals surface area contributed by atoms with Crippen LogP contribution in [0.1, 0.15) is 11.1 Å². The fourth-order valence-electron chi connectivity index (χ4n) is 1.92. The Bertz CT molecular complexity index is 932. The topological polar surface area (TPSA) is 24.1 Å². The van der Waals surface area contributed by atoms with Crippen LogP contribution in [-0.4, -0.2) is 8.90 Å². The lowest BCUT2D eigenvalue weighted by Crippen LogP contribution is -2.13. The predicted octanol–water partition coefficient (Wildman–Crippen LogP) is 7.56. The van der Waals surface area contributed by atoms with Gasteiger partial charge in [-0.15, -0.1) is 0 Å². The summed E-state index contributed by atoms with van der Waals surface area (Å²) in [5.41, 5.74) is -3.16. The number of halogens is 10. The number of hydrogen-bond acceptors (Lipinski definition) is 2. The molecule has 0 bridgehead atoms. The molecule has 0 spiro atoms. The van der Waals surface area contributed by atoms with Gasteiger partial charge in [-0.1, -0.05) is 29.3 Å². The lowest BCUT2D eigenvalue weighted by molar-refractivity contribution is -0.140. The first-order valence-electron chi connectivity index (χ1n) is 7.28. The van der Waals surface area contributed by atoms with Crippen LogP contribution < -0.4 is 10.6 Å². The summed E-state index contributed by atoms with van der Waals surface area (Å²) in [6, 6.07) is 4.92. The van der Waals surface area contributed by atoms with Gasteiger partial charge in [0.15, 0.2) is 8.90 Å². The monoisotopic (exact) mass is 514 g/mol. The molecule has 0 saturated heterocycles. The SMILES string of the molecule is Fc1cc(NC(=S)Cl)ccc1C(F)(F)F.Fc1cccc(C(F)(F)F)c1NC(=S)Cl. The Morgan fingerprint density at radius 1 is 0.733 bits per heavy atom. The van der Waals surface area contributed by atoms with Gasteiger partial charge < -0.3 is 10.6 Å². The molecule has 0 fully saturated rings. The van der Waals surface area contributed by atoms with Gasteiger partial charge in [0.05, 0.1) is 16.8 Å². The zero-order chi connectivity index (χ0) is 23.3. The number of benzene rings is 2. The van der Waals surface area contributed by atoms with E-state index >= 15 is 0 Å². The van der Waals surface area contributed by atoms with Crippen LogP contribution in [0.3, 0.4) is 0 Å². The third-order valence-electron chi connectivity index (χ3n) is 3.06. The van der Waals surface area contributed by atoms with E-state index in [1.54, 1.807) is 0 Å². The number of thiocarbonyl (C=S) groups is 2. The molecule has 2 rings (SSSR count). The molecule has 0 heterocycles. The number of alkyl halides is 6. The summed E-state index contributed by atoms with van der Waals surface area (Å²) < 4.78 is 98.9. The summed E-state index contributed by atoms with van der Waals surface area (Å²) >= 11 is 19.2. The second-order valence-corrected chi connectivity index (χ2v) is 7.17. The maximum Gasteiger partial charge on any atom is 0.419 e. The maximum atomic E-state index is 13.1. The highest BCUT2D eigenvalue weighted by atomic mass is 35.5. The molecular weight excluding hydrogens is 507 g/mol. The smallest absolute Gasteiger partial charge is 0.337 e. The molecule has 2 aromatic rings. The fourth-order valence-corrected chi connectivity index (χ4v) is 2.35. The van der Waals surface area contributed by atoms with Crippen molar-refractivity contribution in [1.82, 2.24) is 0 Å². The van der Waals surface area contributed by atoms with Crippen LogP contribution in [0.2, 0.25) is 0 Å². The van der Waals surface area contributed by atoms with Crippen molar-refractivity contribution in [2.75, 3.05) is 10.6 Å². The van der Waals surface area contributed by atoms with Crippen LogP contribution >= 0.6 is 47.6 Å². The molecular formula is C16H8Cl2F8N2S2. The Balaban J connectivity index is 0.000000300. The van der Waals surface area contributed by atoms with Crippen LogP contribution in [0.25, 0.3) is 0 Å². The molecule has 0 aliphatic carbocycles. The molecule has 164 valence electrons. The first-order valence-corrected chi connectivity index (χ1v) is 8.85. The molecule has 0 saturated carbocycles. The minimum Gasteiger partial charge on any atom is -0.337 e. The quantitative estimate of drug-likeness (QED) is 0.187. The van der Waals surface area contributed by atoms with Gasteiger partial charge in [0, 0.05) is 5.69 Å². The van der Waals surface area contributed by atoms with Crippen molar-refractivity contribution in [2.24, 2.45) is 0 Å². The lowest BCUT2D eigenvalue weighted by Gasteiger charge is -2.13. The Hall–Kier alpha value is -1.76. The number of rotatable bonds is 2. The van der Waals surface area contributed by atoms with Crippen molar-refractivity contribution < 1.29 is 35.1 Å². The molecule has 0 unspecified atom stereocenters. The third kappa shape index (κ3) is 8.17. The van der Waals surface area contributed by atoms with E-state index < -0.39 is 45.2 Å². The van der Waals surface area contributed by atoms with Gasteiger partial charge >= 0.3 is 12.4 Å². The average Bonchev–Trinajstić information content (AvgIpc) is 2.54. The van der Waals surface area contributed by atoms with Gasteiger partial charge in [0.2, 0.25) is 0 Å². The van der Waals surface area contributed by atoms with E-state index in [9.17, 15) is 35.1 Å². The number of hydrogen-bond donors (Lipinski definition) is 2. The standard InChI is InChI=1S/2C8H4ClF4NS/c9-7(15)14-4-1-2-5(6(10)3-4)8(11,12)13;9-7(15)14-6-4(8(11,12)13)2-1-3-5(6)10/h2*1-3H,(H,14,15). The Morgan fingerprint density at radius 2 is 1.27 bits per heavy atom. The molecule has 2 N–H and O–H groups in total. The van der Waals surface area contributed by atoms with E-state index in [2.05, 4.69) is 29.8 Å². The Labute approximate surface area is 185 Å². The van der Waals surface area contributed by atoms with Crippen molar-refractivity contribution >= 4 is 67.9 Å². The zero-order valence-electron chi connectivity index (χ0n) is 14.1. The normalized spacial score (nSPS) is 11.3. The highest BCUT2D eigenvalue weighted by molar-refractivity contribution is 7.83. The van der Waals surface area contributed by atoms with Crippen molar-refractivity contribution in [1.29, 1.82) is 0 Å². The van der Waals surface area contributed by atoms with E-state index in [-0.39, 0.29) is 10.1 Å². The van der Waals surface area contributed by atoms with Gasteiger partial charge in [0.25, 0.3) is 0 Å². The lowest BCUT2D eigenvalue weighted by atomic mass is 10.1. The minimum absolute atomic E-state index is 0.0699. The van der Waals surface area contributed by atoms with Crippen LogP contribution in [0.4, 0.5) is 46.5 Å². The van der Waals surface area contributed by atoms with Gasteiger partial charge in [-0.3, -0.25) is 0 Å².